The van der Waals surface area contributed by atoms with Gasteiger partial charge in [0.2, 0.25) is 0 Å². The number of rotatable bonds is 0. The molecule has 1 aromatic heterocycles. The molecule has 0 aliphatic carbocycles. The van der Waals surface area contributed by atoms with Crippen molar-refractivity contribution in [1.29, 1.82) is 0 Å². The van der Waals surface area contributed by atoms with Crippen LogP contribution in [0.4, 0.5) is 0 Å². The summed E-state index contributed by atoms with van der Waals surface area (Å²) in [5.74, 6) is 0. The molecule has 0 spiro atoms. The van der Waals surface area contributed by atoms with E-state index in [0.29, 0.717) is 0 Å². The van der Waals surface area contributed by atoms with E-state index in [1.165, 1.54) is 16.4 Å². The minimum absolute atomic E-state index is 1.05. The second kappa shape index (κ2) is 1.58. The van der Waals surface area contributed by atoms with Crippen LogP contribution in [0.25, 0.3) is 0 Å². The maximum atomic E-state index is 3.78. The Morgan fingerprint density at radius 2 is 2.14 bits per heavy atom. The Labute approximate surface area is 46.4 Å². The maximum absolute atomic E-state index is 3.78. The van der Waals surface area contributed by atoms with Crippen LogP contribution in [0.15, 0.2) is 0 Å². The Balaban J connectivity index is 3.12. The number of hydrogen-bond donors (Lipinski definition) is 0. The normalized spacial score (nSPS) is 9.43. The van der Waals surface area contributed by atoms with Gasteiger partial charge in [0.15, 0.2) is 0 Å². The van der Waals surface area contributed by atoms with Crippen LogP contribution in [-0.4, -0.2) is 9.59 Å². The Morgan fingerprint density at radius 1 is 1.43 bits per heavy atom. The molecule has 1 heterocycles. The molecule has 0 aromatic carbocycles. The highest BCUT2D eigenvalue weighted by atomic mass is 32.1. The zero-order chi connectivity index (χ0) is 5.28. The monoisotopic (exact) mass is 114 g/mol. The Bertz CT molecular complexity index is 142. The molecule has 2 nitrogen and oxygen atoms in total. The van der Waals surface area contributed by atoms with E-state index in [-0.39, 0.29) is 0 Å². The van der Waals surface area contributed by atoms with Crippen molar-refractivity contribution in [3.63, 3.8) is 0 Å². The lowest BCUT2D eigenvalue weighted by molar-refractivity contribution is 1.08. The van der Waals surface area contributed by atoms with Crippen LogP contribution in [0.2, 0.25) is 0 Å². The SMILES string of the molecule is Cc1nnsc1C. The van der Waals surface area contributed by atoms with Crippen molar-refractivity contribution in [2.24, 2.45) is 0 Å². The minimum Gasteiger partial charge on any atom is -0.143 e. The van der Waals surface area contributed by atoms with E-state index in [1.807, 2.05) is 13.8 Å². The number of hydrogen-bond acceptors (Lipinski definition) is 3. The average Bonchev–Trinajstić information content (AvgIpc) is 1.91. The van der Waals surface area contributed by atoms with Crippen molar-refractivity contribution in [3.05, 3.63) is 10.6 Å². The molecule has 3 heteroatoms. The molecule has 0 radical (unpaired) electrons. The van der Waals surface area contributed by atoms with Gasteiger partial charge >= 0.3 is 0 Å². The molecule has 7 heavy (non-hydrogen) atoms. The zero-order valence-electron chi connectivity index (χ0n) is 4.30. The number of aromatic nitrogens is 2. The van der Waals surface area contributed by atoms with Gasteiger partial charge in [0, 0.05) is 4.88 Å². The van der Waals surface area contributed by atoms with Crippen LogP contribution in [0, 0.1) is 13.8 Å². The summed E-state index contributed by atoms with van der Waals surface area (Å²) < 4.78 is 3.71. The van der Waals surface area contributed by atoms with Crippen LogP contribution >= 0.6 is 11.5 Å². The molecule has 38 valence electrons. The van der Waals surface area contributed by atoms with Crippen molar-refractivity contribution >= 4 is 11.5 Å². The van der Waals surface area contributed by atoms with Gasteiger partial charge in [-0.25, -0.2) is 0 Å². The summed E-state index contributed by atoms with van der Waals surface area (Å²) in [4.78, 5) is 1.21. The fourth-order valence-corrected chi connectivity index (χ4v) is 0.738. The van der Waals surface area contributed by atoms with Gasteiger partial charge in [-0.05, 0) is 25.4 Å². The average molecular weight is 114 g/mol. The van der Waals surface area contributed by atoms with Crippen molar-refractivity contribution < 1.29 is 0 Å². The van der Waals surface area contributed by atoms with E-state index in [0.717, 1.165) is 5.69 Å². The Morgan fingerprint density at radius 3 is 2.29 bits per heavy atom. The quantitative estimate of drug-likeness (QED) is 0.505. The summed E-state index contributed by atoms with van der Waals surface area (Å²) in [5.41, 5.74) is 1.05. The lowest BCUT2D eigenvalue weighted by Gasteiger charge is -1.74. The highest BCUT2D eigenvalue weighted by Crippen LogP contribution is 2.04. The summed E-state index contributed by atoms with van der Waals surface area (Å²) in [6, 6.07) is 0. The summed E-state index contributed by atoms with van der Waals surface area (Å²) in [6.45, 7) is 3.97. The van der Waals surface area contributed by atoms with Crippen LogP contribution in [-0.2, 0) is 0 Å². The van der Waals surface area contributed by atoms with Gasteiger partial charge in [0.05, 0.1) is 5.69 Å². The minimum atomic E-state index is 1.05. The molecule has 0 bridgehead atoms. The first kappa shape index (κ1) is 4.71. The van der Waals surface area contributed by atoms with Gasteiger partial charge < -0.3 is 0 Å². The summed E-state index contributed by atoms with van der Waals surface area (Å²) in [6.07, 6.45) is 0. The van der Waals surface area contributed by atoms with E-state index in [1.54, 1.807) is 0 Å². The topological polar surface area (TPSA) is 25.8 Å². The van der Waals surface area contributed by atoms with Crippen molar-refractivity contribution in [3.8, 4) is 0 Å². The smallest absolute Gasteiger partial charge is 0.0753 e. The zero-order valence-corrected chi connectivity index (χ0v) is 5.12. The second-order valence-corrected chi connectivity index (χ2v) is 2.37. The molecule has 0 N–H and O–H groups in total. The van der Waals surface area contributed by atoms with Gasteiger partial charge in [0.25, 0.3) is 0 Å². The Hall–Kier alpha value is -0.440. The van der Waals surface area contributed by atoms with Crippen molar-refractivity contribution in [2.75, 3.05) is 0 Å². The largest absolute Gasteiger partial charge is 0.143 e. The molecule has 0 unspecified atom stereocenters. The van der Waals surface area contributed by atoms with E-state index in [2.05, 4.69) is 9.59 Å². The van der Waals surface area contributed by atoms with Crippen molar-refractivity contribution in [1.82, 2.24) is 9.59 Å². The van der Waals surface area contributed by atoms with Crippen LogP contribution < -0.4 is 0 Å². The predicted octanol–water partition coefficient (Wildman–Crippen LogP) is 1.15. The van der Waals surface area contributed by atoms with Crippen LogP contribution in [0.3, 0.4) is 0 Å². The lowest BCUT2D eigenvalue weighted by Crippen LogP contribution is -1.70. The second-order valence-electron chi connectivity index (χ2n) is 1.41. The van der Waals surface area contributed by atoms with E-state index in [9.17, 15) is 0 Å². The van der Waals surface area contributed by atoms with E-state index >= 15 is 0 Å². The molecule has 0 atom stereocenters. The van der Waals surface area contributed by atoms with Crippen LogP contribution in [0.1, 0.15) is 10.6 Å². The van der Waals surface area contributed by atoms with Crippen LogP contribution in [0.5, 0.6) is 0 Å². The van der Waals surface area contributed by atoms with Gasteiger partial charge in [0.1, 0.15) is 0 Å². The van der Waals surface area contributed by atoms with Gasteiger partial charge in [-0.1, -0.05) is 4.49 Å². The highest BCUT2D eigenvalue weighted by molar-refractivity contribution is 7.05. The third-order valence-corrected chi connectivity index (χ3v) is 1.61. The van der Waals surface area contributed by atoms with Gasteiger partial charge in [-0.15, -0.1) is 5.10 Å². The van der Waals surface area contributed by atoms with Gasteiger partial charge in [-0.2, -0.15) is 0 Å². The van der Waals surface area contributed by atoms with E-state index < -0.39 is 0 Å². The summed E-state index contributed by atoms with van der Waals surface area (Å²) in [7, 11) is 0. The van der Waals surface area contributed by atoms with E-state index in [4.69, 9.17) is 0 Å². The fourth-order valence-electron chi connectivity index (χ4n) is 0.279. The molecule has 0 aliphatic heterocycles. The third-order valence-electron chi connectivity index (χ3n) is 0.878. The Kier molecular flexibility index (Phi) is 1.06. The third kappa shape index (κ3) is 0.771. The highest BCUT2D eigenvalue weighted by Gasteiger charge is 1.91. The van der Waals surface area contributed by atoms with Gasteiger partial charge in [-0.3, -0.25) is 0 Å². The fraction of sp³-hybridized carbons (Fsp3) is 0.500. The first-order valence-electron chi connectivity index (χ1n) is 2.06. The molecule has 1 aromatic rings. The number of nitrogens with zero attached hydrogens (tertiary/aromatic N) is 2. The molecular formula is C4H6N2S. The molecule has 0 fully saturated rings. The predicted molar refractivity (Wildman–Crippen MR) is 29.4 cm³/mol. The standard InChI is InChI=1S/C4H6N2S/c1-3-4(2)7-6-5-3/h1-2H3. The molecule has 1 rings (SSSR count). The lowest BCUT2D eigenvalue weighted by atomic mass is 10.4. The molecule has 0 amide bonds. The van der Waals surface area contributed by atoms with Crippen molar-refractivity contribution in [2.45, 2.75) is 13.8 Å². The summed E-state index contributed by atoms with van der Waals surface area (Å²) >= 11 is 1.44. The first-order valence-corrected chi connectivity index (χ1v) is 2.83. The summed E-state index contributed by atoms with van der Waals surface area (Å²) in [5, 5.41) is 3.78. The molecule has 0 aliphatic rings. The molecule has 0 saturated carbocycles. The maximum Gasteiger partial charge on any atom is 0.0753 e. The molecular weight excluding hydrogens is 108 g/mol. The molecule has 0 saturated heterocycles. The number of aryl methyl sites for hydroxylation is 2. The first-order chi connectivity index (χ1) is 3.30.